The molecule has 31 heavy (non-hydrogen) atoms. The number of anilines is 1. The average Bonchev–Trinajstić information content (AvgIpc) is 3.39. The van der Waals surface area contributed by atoms with Gasteiger partial charge in [0.15, 0.2) is 0 Å². The summed E-state index contributed by atoms with van der Waals surface area (Å²) in [5.74, 6) is 1.11. The molecule has 6 heteroatoms. The quantitative estimate of drug-likeness (QED) is 0.414. The van der Waals surface area contributed by atoms with Gasteiger partial charge in [0.1, 0.15) is 5.82 Å². The fraction of sp³-hybridized carbons (Fsp3) is 0.240. The predicted octanol–water partition coefficient (Wildman–Crippen LogP) is 5.46. The Hall–Kier alpha value is -3.12. The van der Waals surface area contributed by atoms with Gasteiger partial charge in [-0.05, 0) is 91.8 Å². The van der Waals surface area contributed by atoms with E-state index < -0.39 is 0 Å². The van der Waals surface area contributed by atoms with E-state index >= 15 is 0 Å². The van der Waals surface area contributed by atoms with Crippen LogP contribution in [0, 0.1) is 13.8 Å². The first-order chi connectivity index (χ1) is 15.0. The van der Waals surface area contributed by atoms with Crippen LogP contribution in [0.1, 0.15) is 28.7 Å². The van der Waals surface area contributed by atoms with Gasteiger partial charge in [-0.2, -0.15) is 0 Å². The number of carbonyl (C=O) groups is 1. The molecule has 0 aliphatic heterocycles. The van der Waals surface area contributed by atoms with Crippen molar-refractivity contribution in [2.75, 3.05) is 11.1 Å². The Morgan fingerprint density at radius 1 is 1.06 bits per heavy atom. The van der Waals surface area contributed by atoms with Crippen LogP contribution in [0.2, 0.25) is 0 Å². The summed E-state index contributed by atoms with van der Waals surface area (Å²) in [6.07, 6.45) is 5.26. The molecule has 5 nitrogen and oxygen atoms in total. The van der Waals surface area contributed by atoms with Crippen molar-refractivity contribution in [3.8, 4) is 11.4 Å². The number of imidazole rings is 1. The summed E-state index contributed by atoms with van der Waals surface area (Å²) in [6.45, 7) is 4.19. The molecular weight excluding hydrogens is 404 g/mol. The van der Waals surface area contributed by atoms with Crippen molar-refractivity contribution >= 4 is 34.4 Å². The van der Waals surface area contributed by atoms with Crippen LogP contribution in [0.3, 0.4) is 0 Å². The zero-order valence-electron chi connectivity index (χ0n) is 17.7. The number of nitrogens with zero attached hydrogens (tertiary/aromatic N) is 2. The summed E-state index contributed by atoms with van der Waals surface area (Å²) in [5, 5.41) is 3.82. The number of aromatic nitrogens is 3. The highest BCUT2D eigenvalue weighted by Crippen LogP contribution is 2.26. The molecule has 0 bridgehead atoms. The van der Waals surface area contributed by atoms with Gasteiger partial charge in [0, 0.05) is 17.4 Å². The Labute approximate surface area is 185 Å². The third-order valence-electron chi connectivity index (χ3n) is 5.84. The second-order valence-electron chi connectivity index (χ2n) is 8.10. The van der Waals surface area contributed by atoms with Gasteiger partial charge in [-0.15, -0.1) is 0 Å². The van der Waals surface area contributed by atoms with E-state index in [1.807, 2.05) is 18.2 Å². The monoisotopic (exact) mass is 428 g/mol. The molecular formula is C25H24N4OS. The normalized spacial score (nSPS) is 12.8. The smallest absolute Gasteiger partial charge is 0.234 e. The van der Waals surface area contributed by atoms with Gasteiger partial charge < -0.3 is 10.3 Å². The molecule has 1 amide bonds. The standard InChI is InChI=1S/C25H24N4OS/c1-15-10-21-22(11-16(15)2)29-25(28-21)19-7-9-24(26-13-19)31-14-23(30)27-20-8-6-17-4-3-5-18(17)12-20/h6-13H,3-5,14H2,1-2H3,(H,27,30)(H,28,29). The fourth-order valence-electron chi connectivity index (χ4n) is 4.00. The van der Waals surface area contributed by atoms with E-state index in [1.54, 1.807) is 6.20 Å². The molecule has 2 N–H and O–H groups in total. The van der Waals surface area contributed by atoms with E-state index in [4.69, 9.17) is 4.98 Å². The van der Waals surface area contributed by atoms with Crippen molar-refractivity contribution in [1.29, 1.82) is 0 Å². The zero-order chi connectivity index (χ0) is 21.4. The fourth-order valence-corrected chi connectivity index (χ4v) is 4.64. The molecule has 0 saturated carbocycles. The van der Waals surface area contributed by atoms with Crippen molar-refractivity contribution in [2.24, 2.45) is 0 Å². The Bertz CT molecular complexity index is 1240. The van der Waals surface area contributed by atoms with Crippen molar-refractivity contribution in [3.05, 3.63) is 70.9 Å². The van der Waals surface area contributed by atoms with Gasteiger partial charge in [0.05, 0.1) is 21.8 Å². The number of amides is 1. The van der Waals surface area contributed by atoms with Crippen LogP contribution in [-0.4, -0.2) is 26.6 Å². The van der Waals surface area contributed by atoms with Crippen LogP contribution in [-0.2, 0) is 17.6 Å². The molecule has 156 valence electrons. The highest BCUT2D eigenvalue weighted by atomic mass is 32.2. The molecule has 0 saturated heterocycles. The lowest BCUT2D eigenvalue weighted by atomic mass is 10.1. The van der Waals surface area contributed by atoms with Crippen LogP contribution < -0.4 is 5.32 Å². The van der Waals surface area contributed by atoms with Gasteiger partial charge in [0.25, 0.3) is 0 Å². The second-order valence-corrected chi connectivity index (χ2v) is 9.09. The lowest BCUT2D eigenvalue weighted by Crippen LogP contribution is -2.14. The number of hydrogen-bond donors (Lipinski definition) is 2. The topological polar surface area (TPSA) is 70.7 Å². The highest BCUT2D eigenvalue weighted by molar-refractivity contribution is 7.99. The summed E-state index contributed by atoms with van der Waals surface area (Å²) in [6, 6.07) is 14.4. The molecule has 4 aromatic rings. The van der Waals surface area contributed by atoms with Crippen molar-refractivity contribution in [1.82, 2.24) is 15.0 Å². The molecule has 2 heterocycles. The number of nitrogens with one attached hydrogen (secondary N) is 2. The average molecular weight is 429 g/mol. The molecule has 0 radical (unpaired) electrons. The van der Waals surface area contributed by atoms with Crippen molar-refractivity contribution in [2.45, 2.75) is 38.1 Å². The number of aryl methyl sites for hydroxylation is 4. The minimum absolute atomic E-state index is 0.0168. The van der Waals surface area contributed by atoms with E-state index in [0.29, 0.717) is 5.75 Å². The lowest BCUT2D eigenvalue weighted by Gasteiger charge is -2.07. The van der Waals surface area contributed by atoms with E-state index in [2.05, 4.69) is 53.4 Å². The molecule has 1 aliphatic carbocycles. The molecule has 2 aromatic carbocycles. The Morgan fingerprint density at radius 3 is 2.74 bits per heavy atom. The van der Waals surface area contributed by atoms with Gasteiger partial charge in [-0.3, -0.25) is 4.79 Å². The number of hydrogen-bond acceptors (Lipinski definition) is 4. The maximum absolute atomic E-state index is 12.4. The molecule has 0 atom stereocenters. The minimum Gasteiger partial charge on any atom is -0.338 e. The number of carbonyl (C=O) groups excluding carboxylic acids is 1. The van der Waals surface area contributed by atoms with Crippen molar-refractivity contribution < 1.29 is 4.79 Å². The summed E-state index contributed by atoms with van der Waals surface area (Å²) < 4.78 is 0. The zero-order valence-corrected chi connectivity index (χ0v) is 18.5. The predicted molar refractivity (Wildman–Crippen MR) is 127 cm³/mol. The van der Waals surface area contributed by atoms with Gasteiger partial charge >= 0.3 is 0 Å². The molecule has 0 spiro atoms. The number of thioether (sulfide) groups is 1. The van der Waals surface area contributed by atoms with E-state index in [9.17, 15) is 4.79 Å². The minimum atomic E-state index is -0.0168. The first kappa shape index (κ1) is 19.8. The number of pyridine rings is 1. The second kappa shape index (κ2) is 8.19. The van der Waals surface area contributed by atoms with E-state index in [1.165, 1.54) is 40.4 Å². The largest absolute Gasteiger partial charge is 0.338 e. The maximum atomic E-state index is 12.4. The molecule has 0 unspecified atom stereocenters. The Balaban J connectivity index is 1.22. The first-order valence-corrected chi connectivity index (χ1v) is 11.5. The van der Waals surface area contributed by atoms with Crippen molar-refractivity contribution in [3.63, 3.8) is 0 Å². The van der Waals surface area contributed by atoms with Crippen LogP contribution >= 0.6 is 11.8 Å². The van der Waals surface area contributed by atoms with E-state index in [-0.39, 0.29) is 5.91 Å². The Kier molecular flexibility index (Phi) is 5.24. The number of H-pyrrole nitrogens is 1. The summed E-state index contributed by atoms with van der Waals surface area (Å²) in [7, 11) is 0. The first-order valence-electron chi connectivity index (χ1n) is 10.5. The molecule has 2 aromatic heterocycles. The maximum Gasteiger partial charge on any atom is 0.234 e. The van der Waals surface area contributed by atoms with Gasteiger partial charge in [-0.25, -0.2) is 9.97 Å². The van der Waals surface area contributed by atoms with E-state index in [0.717, 1.165) is 46.0 Å². The molecule has 0 fully saturated rings. The number of rotatable bonds is 5. The third-order valence-corrected chi connectivity index (χ3v) is 6.78. The van der Waals surface area contributed by atoms with Crippen LogP contribution in [0.5, 0.6) is 0 Å². The molecule has 1 aliphatic rings. The summed E-state index contributed by atoms with van der Waals surface area (Å²) >= 11 is 1.43. The van der Waals surface area contributed by atoms with Gasteiger partial charge in [-0.1, -0.05) is 17.8 Å². The molecule has 5 rings (SSSR count). The van der Waals surface area contributed by atoms with Crippen LogP contribution in [0.25, 0.3) is 22.4 Å². The van der Waals surface area contributed by atoms with Crippen LogP contribution in [0.4, 0.5) is 5.69 Å². The SMILES string of the molecule is Cc1cc2nc(-c3ccc(SCC(=O)Nc4ccc5c(c4)CCC5)nc3)[nH]c2cc1C. The third kappa shape index (κ3) is 4.21. The van der Waals surface area contributed by atoms with Crippen LogP contribution in [0.15, 0.2) is 53.7 Å². The number of aromatic amines is 1. The summed E-state index contributed by atoms with van der Waals surface area (Å²) in [5.41, 5.74) is 9.03. The Morgan fingerprint density at radius 2 is 1.90 bits per heavy atom. The highest BCUT2D eigenvalue weighted by Gasteiger charge is 2.12. The number of fused-ring (bicyclic) bond motifs is 2. The summed E-state index contributed by atoms with van der Waals surface area (Å²) in [4.78, 5) is 24.9. The lowest BCUT2D eigenvalue weighted by molar-refractivity contribution is -0.113. The number of benzene rings is 2. The van der Waals surface area contributed by atoms with Gasteiger partial charge in [0.2, 0.25) is 5.91 Å².